The number of hydrogen-bond donors (Lipinski definition) is 1. The standard InChI is InChI=1S/C17H17N3O2/c1-10(2)14-9-13(15-11(3)20-22-17(15)19-14)16(21)18-12-7-5-4-6-8-12/h4-10H,1-3H3,(H,18,21). The van der Waals surface area contributed by atoms with Gasteiger partial charge in [-0.25, -0.2) is 4.98 Å². The summed E-state index contributed by atoms with van der Waals surface area (Å²) in [5.74, 6) is 0.00452. The van der Waals surface area contributed by atoms with Gasteiger partial charge in [0.15, 0.2) is 0 Å². The lowest BCUT2D eigenvalue weighted by molar-refractivity contribution is 0.102. The van der Waals surface area contributed by atoms with Gasteiger partial charge in [0.2, 0.25) is 0 Å². The van der Waals surface area contributed by atoms with Crippen molar-refractivity contribution in [1.29, 1.82) is 0 Å². The third kappa shape index (κ3) is 2.57. The zero-order valence-corrected chi connectivity index (χ0v) is 12.8. The number of pyridine rings is 1. The first-order valence-electron chi connectivity index (χ1n) is 7.19. The molecule has 2 aromatic heterocycles. The molecule has 3 rings (SSSR count). The molecular weight excluding hydrogens is 278 g/mol. The highest BCUT2D eigenvalue weighted by Gasteiger charge is 2.19. The molecule has 0 radical (unpaired) electrons. The molecule has 1 aromatic carbocycles. The Hall–Kier alpha value is -2.69. The maximum atomic E-state index is 12.6. The number of carbonyl (C=O) groups is 1. The molecule has 1 N–H and O–H groups in total. The minimum Gasteiger partial charge on any atom is -0.336 e. The van der Waals surface area contributed by atoms with Crippen LogP contribution in [0.5, 0.6) is 0 Å². The number of aromatic nitrogens is 2. The molecule has 112 valence electrons. The molecule has 0 aliphatic heterocycles. The average molecular weight is 295 g/mol. The minimum absolute atomic E-state index is 0.188. The van der Waals surface area contributed by atoms with Gasteiger partial charge in [-0.1, -0.05) is 37.2 Å². The highest BCUT2D eigenvalue weighted by Crippen LogP contribution is 2.25. The second-order valence-electron chi connectivity index (χ2n) is 5.52. The summed E-state index contributed by atoms with van der Waals surface area (Å²) in [6.07, 6.45) is 0. The van der Waals surface area contributed by atoms with Gasteiger partial charge in [0.05, 0.1) is 16.6 Å². The number of nitrogens with zero attached hydrogens (tertiary/aromatic N) is 2. The van der Waals surface area contributed by atoms with E-state index in [9.17, 15) is 4.79 Å². The molecule has 3 aromatic rings. The highest BCUT2D eigenvalue weighted by molar-refractivity contribution is 6.12. The second-order valence-corrected chi connectivity index (χ2v) is 5.52. The van der Waals surface area contributed by atoms with Crippen LogP contribution in [-0.4, -0.2) is 16.0 Å². The van der Waals surface area contributed by atoms with Crippen LogP contribution in [0.2, 0.25) is 0 Å². The van der Waals surface area contributed by atoms with Crippen LogP contribution in [0.25, 0.3) is 11.1 Å². The van der Waals surface area contributed by atoms with Crippen LogP contribution in [-0.2, 0) is 0 Å². The van der Waals surface area contributed by atoms with Gasteiger partial charge in [-0.05, 0) is 31.0 Å². The molecule has 0 saturated heterocycles. The largest absolute Gasteiger partial charge is 0.336 e. The Balaban J connectivity index is 2.08. The lowest BCUT2D eigenvalue weighted by Crippen LogP contribution is -2.13. The summed E-state index contributed by atoms with van der Waals surface area (Å²) in [4.78, 5) is 17.1. The summed E-state index contributed by atoms with van der Waals surface area (Å²) in [5.41, 5.74) is 3.16. The predicted molar refractivity (Wildman–Crippen MR) is 85.0 cm³/mol. The van der Waals surface area contributed by atoms with Crippen molar-refractivity contribution in [3.05, 3.63) is 53.3 Å². The monoisotopic (exact) mass is 295 g/mol. The van der Waals surface area contributed by atoms with Gasteiger partial charge in [0.1, 0.15) is 0 Å². The topological polar surface area (TPSA) is 68.0 Å². The van der Waals surface area contributed by atoms with E-state index in [1.165, 1.54) is 0 Å². The van der Waals surface area contributed by atoms with Crippen LogP contribution < -0.4 is 5.32 Å². The molecule has 5 nitrogen and oxygen atoms in total. The van der Waals surface area contributed by atoms with Gasteiger partial charge in [-0.15, -0.1) is 0 Å². The molecule has 0 spiro atoms. The smallest absolute Gasteiger partial charge is 0.259 e. The molecule has 0 saturated carbocycles. The number of aryl methyl sites for hydroxylation is 1. The van der Waals surface area contributed by atoms with E-state index in [-0.39, 0.29) is 11.8 Å². The predicted octanol–water partition coefficient (Wildman–Crippen LogP) is 3.91. The van der Waals surface area contributed by atoms with Crippen LogP contribution in [0.3, 0.4) is 0 Å². The lowest BCUT2D eigenvalue weighted by Gasteiger charge is -2.09. The van der Waals surface area contributed by atoms with Crippen LogP contribution in [0.1, 0.15) is 41.5 Å². The van der Waals surface area contributed by atoms with Gasteiger partial charge >= 0.3 is 0 Å². The molecule has 2 heterocycles. The Bertz CT molecular complexity index is 823. The first kappa shape index (κ1) is 14.3. The average Bonchev–Trinajstić information content (AvgIpc) is 2.89. The number of nitrogens with one attached hydrogen (secondary N) is 1. The van der Waals surface area contributed by atoms with E-state index in [2.05, 4.69) is 15.5 Å². The minimum atomic E-state index is -0.188. The summed E-state index contributed by atoms with van der Waals surface area (Å²) in [6, 6.07) is 11.2. The van der Waals surface area contributed by atoms with Gasteiger partial charge in [-0.3, -0.25) is 4.79 Å². The van der Waals surface area contributed by atoms with Crippen molar-refractivity contribution in [2.45, 2.75) is 26.7 Å². The van der Waals surface area contributed by atoms with Crippen molar-refractivity contribution in [3.8, 4) is 0 Å². The molecule has 5 heteroatoms. The Labute approximate surface area is 128 Å². The fraction of sp³-hybridized carbons (Fsp3) is 0.235. The van der Waals surface area contributed by atoms with Gasteiger partial charge < -0.3 is 9.84 Å². The number of anilines is 1. The van der Waals surface area contributed by atoms with E-state index in [1.54, 1.807) is 0 Å². The number of carbonyl (C=O) groups excluding carboxylic acids is 1. The normalized spacial score (nSPS) is 11.1. The first-order chi connectivity index (χ1) is 10.6. The number of fused-ring (bicyclic) bond motifs is 1. The summed E-state index contributed by atoms with van der Waals surface area (Å²) in [6.45, 7) is 5.86. The molecule has 22 heavy (non-hydrogen) atoms. The summed E-state index contributed by atoms with van der Waals surface area (Å²) < 4.78 is 5.24. The molecule has 0 atom stereocenters. The van der Waals surface area contributed by atoms with Crippen molar-refractivity contribution in [3.63, 3.8) is 0 Å². The Morgan fingerprint density at radius 3 is 2.64 bits per heavy atom. The zero-order chi connectivity index (χ0) is 15.7. The number of benzene rings is 1. The third-order valence-electron chi connectivity index (χ3n) is 3.50. The van der Waals surface area contributed by atoms with Crippen molar-refractivity contribution in [2.24, 2.45) is 0 Å². The van der Waals surface area contributed by atoms with E-state index < -0.39 is 0 Å². The summed E-state index contributed by atoms with van der Waals surface area (Å²) in [7, 11) is 0. The lowest BCUT2D eigenvalue weighted by atomic mass is 10.0. The van der Waals surface area contributed by atoms with Crippen LogP contribution in [0.15, 0.2) is 40.9 Å². The van der Waals surface area contributed by atoms with Crippen LogP contribution >= 0.6 is 0 Å². The second kappa shape index (κ2) is 5.60. The Kier molecular flexibility index (Phi) is 3.63. The molecule has 0 bridgehead atoms. The van der Waals surface area contributed by atoms with E-state index >= 15 is 0 Å². The fourth-order valence-electron chi connectivity index (χ4n) is 2.31. The maximum absolute atomic E-state index is 12.6. The quantitative estimate of drug-likeness (QED) is 0.795. The SMILES string of the molecule is Cc1noc2nc(C(C)C)cc(C(=O)Nc3ccccc3)c12. The molecule has 0 fully saturated rings. The maximum Gasteiger partial charge on any atom is 0.259 e. The molecular formula is C17H17N3O2. The summed E-state index contributed by atoms with van der Waals surface area (Å²) in [5, 5.41) is 7.49. The van der Waals surface area contributed by atoms with Crippen LogP contribution in [0.4, 0.5) is 5.69 Å². The van der Waals surface area contributed by atoms with E-state index in [0.717, 1.165) is 11.4 Å². The van der Waals surface area contributed by atoms with Crippen LogP contribution in [0, 0.1) is 6.92 Å². The molecule has 1 amide bonds. The number of para-hydroxylation sites is 1. The van der Waals surface area contributed by atoms with Gasteiger partial charge in [-0.2, -0.15) is 0 Å². The zero-order valence-electron chi connectivity index (χ0n) is 12.8. The van der Waals surface area contributed by atoms with Crippen molar-refractivity contribution in [1.82, 2.24) is 10.1 Å². The third-order valence-corrected chi connectivity index (χ3v) is 3.50. The number of amides is 1. The van der Waals surface area contributed by atoms with Gasteiger partial charge in [0, 0.05) is 11.4 Å². The van der Waals surface area contributed by atoms with Crippen molar-refractivity contribution in [2.75, 3.05) is 5.32 Å². The highest BCUT2D eigenvalue weighted by atomic mass is 16.5. The molecule has 0 aliphatic rings. The Morgan fingerprint density at radius 1 is 1.23 bits per heavy atom. The summed E-state index contributed by atoms with van der Waals surface area (Å²) >= 11 is 0. The van der Waals surface area contributed by atoms with Gasteiger partial charge in [0.25, 0.3) is 11.6 Å². The number of hydrogen-bond acceptors (Lipinski definition) is 4. The van der Waals surface area contributed by atoms with E-state index in [1.807, 2.05) is 57.2 Å². The number of rotatable bonds is 3. The fourth-order valence-corrected chi connectivity index (χ4v) is 2.31. The Morgan fingerprint density at radius 2 is 1.95 bits per heavy atom. The van der Waals surface area contributed by atoms with E-state index in [0.29, 0.717) is 22.4 Å². The van der Waals surface area contributed by atoms with Crippen molar-refractivity contribution < 1.29 is 9.32 Å². The molecule has 0 aliphatic carbocycles. The first-order valence-corrected chi connectivity index (χ1v) is 7.19. The van der Waals surface area contributed by atoms with Crippen molar-refractivity contribution >= 4 is 22.7 Å². The molecule has 0 unspecified atom stereocenters. The van der Waals surface area contributed by atoms with E-state index in [4.69, 9.17) is 4.52 Å².